The summed E-state index contributed by atoms with van der Waals surface area (Å²) in [6, 6.07) is -0.135. The van der Waals surface area contributed by atoms with Gasteiger partial charge in [0.05, 0.1) is 11.5 Å². The summed E-state index contributed by atoms with van der Waals surface area (Å²) in [5.41, 5.74) is 0. The van der Waals surface area contributed by atoms with Crippen LogP contribution in [0.1, 0.15) is 20.3 Å². The minimum Gasteiger partial charge on any atom is -0.396 e. The Bertz CT molecular complexity index is 236. The van der Waals surface area contributed by atoms with Gasteiger partial charge in [-0.15, -0.1) is 0 Å². The maximum atomic E-state index is 11.6. The molecule has 14 heavy (non-hydrogen) atoms. The minimum absolute atomic E-state index is 0.0166. The number of nitrogens with one attached hydrogen (secondary N) is 1. The normalized spacial score (nSPS) is 14.6. The highest BCUT2D eigenvalue weighted by atomic mass is 32.2. The largest absolute Gasteiger partial charge is 0.396 e. The van der Waals surface area contributed by atoms with E-state index in [1.807, 2.05) is 13.8 Å². The molecular weight excluding hydrogens is 202 g/mol. The Morgan fingerprint density at radius 2 is 1.86 bits per heavy atom. The fourth-order valence-electron chi connectivity index (χ4n) is 1.35. The van der Waals surface area contributed by atoms with Gasteiger partial charge < -0.3 is 10.4 Å². The average molecular weight is 223 g/mol. The number of aliphatic hydroxyl groups is 1. The molecule has 0 rings (SSSR count). The molecule has 0 saturated heterocycles. The van der Waals surface area contributed by atoms with E-state index >= 15 is 0 Å². The van der Waals surface area contributed by atoms with Gasteiger partial charge in [-0.05, 0) is 19.4 Å². The molecule has 2 N–H and O–H groups in total. The molecular formula is C9H21NO3S. The van der Waals surface area contributed by atoms with E-state index in [0.717, 1.165) is 0 Å². The third-order valence-electron chi connectivity index (χ3n) is 1.93. The maximum Gasteiger partial charge on any atom is 0.152 e. The molecule has 0 aromatic carbocycles. The van der Waals surface area contributed by atoms with Gasteiger partial charge in [-0.2, -0.15) is 0 Å². The maximum absolute atomic E-state index is 11.6. The Kier molecular flexibility index (Phi) is 6.31. The summed E-state index contributed by atoms with van der Waals surface area (Å²) in [5, 5.41) is 11.6. The molecule has 0 bridgehead atoms. The van der Waals surface area contributed by atoms with Gasteiger partial charge in [0, 0.05) is 12.6 Å². The van der Waals surface area contributed by atoms with E-state index in [1.165, 1.54) is 0 Å². The molecule has 0 fully saturated rings. The Morgan fingerprint density at radius 1 is 1.29 bits per heavy atom. The van der Waals surface area contributed by atoms with Crippen LogP contribution in [0.4, 0.5) is 0 Å². The summed E-state index contributed by atoms with van der Waals surface area (Å²) in [4.78, 5) is 0. The highest BCUT2D eigenvalue weighted by Crippen LogP contribution is 2.04. The SMILES string of the molecule is CNC(CCO)CS(=O)(=O)CC(C)C. The van der Waals surface area contributed by atoms with Crippen LogP contribution in [0.2, 0.25) is 0 Å². The molecule has 86 valence electrons. The number of hydrogen-bond acceptors (Lipinski definition) is 4. The van der Waals surface area contributed by atoms with Gasteiger partial charge in [0.15, 0.2) is 9.84 Å². The molecule has 5 heteroatoms. The van der Waals surface area contributed by atoms with Crippen molar-refractivity contribution in [1.82, 2.24) is 5.32 Å². The van der Waals surface area contributed by atoms with Crippen molar-refractivity contribution < 1.29 is 13.5 Å². The van der Waals surface area contributed by atoms with Crippen molar-refractivity contribution in [3.63, 3.8) is 0 Å². The summed E-state index contributed by atoms with van der Waals surface area (Å²) in [6.45, 7) is 3.79. The van der Waals surface area contributed by atoms with Gasteiger partial charge >= 0.3 is 0 Å². The minimum atomic E-state index is -2.99. The van der Waals surface area contributed by atoms with Crippen molar-refractivity contribution in [1.29, 1.82) is 0 Å². The van der Waals surface area contributed by atoms with Crippen molar-refractivity contribution >= 4 is 9.84 Å². The van der Waals surface area contributed by atoms with Crippen molar-refractivity contribution in [3.05, 3.63) is 0 Å². The fraction of sp³-hybridized carbons (Fsp3) is 1.00. The van der Waals surface area contributed by atoms with Crippen LogP contribution in [-0.4, -0.2) is 44.7 Å². The summed E-state index contributed by atoms with van der Waals surface area (Å²) in [7, 11) is -1.27. The first-order chi connectivity index (χ1) is 6.41. The number of aliphatic hydroxyl groups excluding tert-OH is 1. The smallest absolute Gasteiger partial charge is 0.152 e. The molecule has 0 aliphatic carbocycles. The van der Waals surface area contributed by atoms with Gasteiger partial charge in [-0.1, -0.05) is 13.8 Å². The first-order valence-electron chi connectivity index (χ1n) is 4.90. The second-order valence-electron chi connectivity index (χ2n) is 3.97. The van der Waals surface area contributed by atoms with Crippen molar-refractivity contribution in [2.75, 3.05) is 25.2 Å². The van der Waals surface area contributed by atoms with E-state index in [4.69, 9.17) is 5.11 Å². The molecule has 0 saturated carbocycles. The van der Waals surface area contributed by atoms with Gasteiger partial charge in [-0.25, -0.2) is 8.42 Å². The second-order valence-corrected chi connectivity index (χ2v) is 6.12. The van der Waals surface area contributed by atoms with Crippen LogP contribution in [0.15, 0.2) is 0 Å². The molecule has 1 atom stereocenters. The van der Waals surface area contributed by atoms with Gasteiger partial charge in [-0.3, -0.25) is 0 Å². The molecule has 0 spiro atoms. The molecule has 0 radical (unpaired) electrons. The fourth-order valence-corrected chi connectivity index (χ4v) is 3.45. The predicted molar refractivity (Wildman–Crippen MR) is 58.0 cm³/mol. The zero-order chi connectivity index (χ0) is 11.2. The van der Waals surface area contributed by atoms with Gasteiger partial charge in [0.25, 0.3) is 0 Å². The first-order valence-corrected chi connectivity index (χ1v) is 6.72. The molecule has 0 aromatic rings. The summed E-state index contributed by atoms with van der Waals surface area (Å²) in [6.07, 6.45) is 0.480. The Morgan fingerprint density at radius 3 is 2.21 bits per heavy atom. The van der Waals surface area contributed by atoms with Crippen LogP contribution in [0.3, 0.4) is 0 Å². The lowest BCUT2D eigenvalue weighted by Gasteiger charge is -2.15. The first kappa shape index (κ1) is 13.9. The zero-order valence-electron chi connectivity index (χ0n) is 9.16. The van der Waals surface area contributed by atoms with Crippen LogP contribution in [0.25, 0.3) is 0 Å². The van der Waals surface area contributed by atoms with E-state index in [-0.39, 0.29) is 30.1 Å². The van der Waals surface area contributed by atoms with Gasteiger partial charge in [0.2, 0.25) is 0 Å². The summed E-state index contributed by atoms with van der Waals surface area (Å²) < 4.78 is 23.1. The highest BCUT2D eigenvalue weighted by Gasteiger charge is 2.18. The third-order valence-corrected chi connectivity index (χ3v) is 4.01. The van der Waals surface area contributed by atoms with Crippen LogP contribution in [0, 0.1) is 5.92 Å². The van der Waals surface area contributed by atoms with E-state index in [2.05, 4.69) is 5.32 Å². The molecule has 1 unspecified atom stereocenters. The lowest BCUT2D eigenvalue weighted by Crippen LogP contribution is -2.35. The molecule has 0 heterocycles. The standard InChI is InChI=1S/C9H21NO3S/c1-8(2)6-14(12,13)7-9(10-3)4-5-11/h8-11H,4-7H2,1-3H3. The van der Waals surface area contributed by atoms with Crippen molar-refractivity contribution in [2.24, 2.45) is 5.92 Å². The monoisotopic (exact) mass is 223 g/mol. The van der Waals surface area contributed by atoms with Crippen LogP contribution < -0.4 is 5.32 Å². The lowest BCUT2D eigenvalue weighted by atomic mass is 10.2. The van der Waals surface area contributed by atoms with Crippen LogP contribution in [0.5, 0.6) is 0 Å². The summed E-state index contributed by atoms with van der Waals surface area (Å²) in [5.74, 6) is 0.491. The number of sulfone groups is 1. The Labute approximate surface area is 86.6 Å². The molecule has 0 aromatic heterocycles. The van der Waals surface area contributed by atoms with Gasteiger partial charge in [0.1, 0.15) is 0 Å². The average Bonchev–Trinajstić information content (AvgIpc) is 2.00. The Balaban J connectivity index is 4.18. The topological polar surface area (TPSA) is 66.4 Å². The third kappa shape index (κ3) is 6.34. The predicted octanol–water partition coefficient (Wildman–Crippen LogP) is 0.0276. The van der Waals surface area contributed by atoms with E-state index in [1.54, 1.807) is 7.05 Å². The molecule has 4 nitrogen and oxygen atoms in total. The second kappa shape index (κ2) is 6.37. The van der Waals surface area contributed by atoms with E-state index < -0.39 is 9.84 Å². The zero-order valence-corrected chi connectivity index (χ0v) is 9.97. The quantitative estimate of drug-likeness (QED) is 0.639. The summed E-state index contributed by atoms with van der Waals surface area (Å²) >= 11 is 0. The van der Waals surface area contributed by atoms with Crippen LogP contribution in [-0.2, 0) is 9.84 Å². The number of rotatable bonds is 7. The molecule has 0 aliphatic rings. The van der Waals surface area contributed by atoms with Crippen molar-refractivity contribution in [2.45, 2.75) is 26.3 Å². The number of hydrogen-bond donors (Lipinski definition) is 2. The van der Waals surface area contributed by atoms with Crippen LogP contribution >= 0.6 is 0 Å². The van der Waals surface area contributed by atoms with Crippen molar-refractivity contribution in [3.8, 4) is 0 Å². The molecule has 0 aliphatic heterocycles. The van der Waals surface area contributed by atoms with E-state index in [0.29, 0.717) is 6.42 Å². The lowest BCUT2D eigenvalue weighted by molar-refractivity contribution is 0.272. The highest BCUT2D eigenvalue weighted by molar-refractivity contribution is 7.91. The Hall–Kier alpha value is -0.130. The molecule has 0 amide bonds. The van der Waals surface area contributed by atoms with E-state index in [9.17, 15) is 8.42 Å².